The van der Waals surface area contributed by atoms with Gasteiger partial charge in [-0.3, -0.25) is 14.9 Å². The molecule has 1 aromatic heterocycles. The minimum atomic E-state index is -0.439. The third kappa shape index (κ3) is 3.22. The van der Waals surface area contributed by atoms with Crippen LogP contribution in [0.5, 0.6) is 0 Å². The van der Waals surface area contributed by atoms with E-state index in [-0.39, 0.29) is 17.6 Å². The third-order valence-corrected chi connectivity index (χ3v) is 4.84. The zero-order valence-corrected chi connectivity index (χ0v) is 13.4. The van der Waals surface area contributed by atoms with Crippen LogP contribution in [0.15, 0.2) is 29.6 Å². The molecule has 0 aliphatic carbocycles. The topological polar surface area (TPSA) is 88.4 Å². The van der Waals surface area contributed by atoms with E-state index in [4.69, 9.17) is 0 Å². The average Bonchev–Trinajstić information content (AvgIpc) is 3.25. The highest BCUT2D eigenvalue weighted by molar-refractivity contribution is 7.13. The van der Waals surface area contributed by atoms with Crippen molar-refractivity contribution in [2.75, 3.05) is 20.1 Å². The molecule has 1 saturated heterocycles. The number of nitro groups is 1. The number of amides is 1. The van der Waals surface area contributed by atoms with Gasteiger partial charge in [0, 0.05) is 42.7 Å². The van der Waals surface area contributed by atoms with E-state index in [1.807, 2.05) is 0 Å². The Bertz CT molecular complexity index is 723. The van der Waals surface area contributed by atoms with Crippen LogP contribution >= 0.6 is 11.3 Å². The number of hydrogen-bond donors (Lipinski definition) is 1. The summed E-state index contributed by atoms with van der Waals surface area (Å²) in [5.41, 5.74) is 1.22. The number of benzene rings is 1. The van der Waals surface area contributed by atoms with Gasteiger partial charge in [-0.1, -0.05) is 0 Å². The molecule has 1 fully saturated rings. The second-order valence-electron chi connectivity index (χ2n) is 5.40. The Labute approximate surface area is 137 Å². The molecular weight excluding hydrogens is 316 g/mol. The minimum Gasteiger partial charge on any atom is -0.336 e. The summed E-state index contributed by atoms with van der Waals surface area (Å²) in [5.74, 6) is -0.0943. The molecule has 1 unspecified atom stereocenters. The summed E-state index contributed by atoms with van der Waals surface area (Å²) in [4.78, 5) is 28.8. The molecule has 23 heavy (non-hydrogen) atoms. The zero-order chi connectivity index (χ0) is 16.4. The number of likely N-dealkylation sites (N-methyl/N-ethyl adjacent to an activating group) is 1. The average molecular weight is 332 g/mol. The van der Waals surface area contributed by atoms with Crippen molar-refractivity contribution in [3.63, 3.8) is 0 Å². The first-order valence-corrected chi connectivity index (χ1v) is 8.12. The molecule has 7 nitrogen and oxygen atoms in total. The summed E-state index contributed by atoms with van der Waals surface area (Å²) in [6, 6.07) is 6.38. The van der Waals surface area contributed by atoms with Gasteiger partial charge in [0.2, 0.25) is 0 Å². The van der Waals surface area contributed by atoms with Gasteiger partial charge in [-0.25, -0.2) is 4.98 Å². The van der Waals surface area contributed by atoms with E-state index >= 15 is 0 Å². The lowest BCUT2D eigenvalue weighted by Crippen LogP contribution is -2.38. The fourth-order valence-electron chi connectivity index (χ4n) is 2.55. The number of nitrogens with one attached hydrogen (secondary N) is 1. The molecule has 2 aromatic rings. The summed E-state index contributed by atoms with van der Waals surface area (Å²) in [6.45, 7) is 1.73. The first kappa shape index (κ1) is 15.6. The molecule has 0 radical (unpaired) electrons. The maximum Gasteiger partial charge on any atom is 0.273 e. The highest BCUT2D eigenvalue weighted by atomic mass is 32.1. The van der Waals surface area contributed by atoms with Gasteiger partial charge in [-0.05, 0) is 25.1 Å². The van der Waals surface area contributed by atoms with Crippen molar-refractivity contribution in [1.82, 2.24) is 15.2 Å². The van der Waals surface area contributed by atoms with Gasteiger partial charge in [0.05, 0.1) is 4.92 Å². The Kier molecular flexibility index (Phi) is 4.35. The van der Waals surface area contributed by atoms with E-state index in [2.05, 4.69) is 10.3 Å². The number of non-ortho nitro benzene ring substituents is 1. The predicted molar refractivity (Wildman–Crippen MR) is 87.6 cm³/mol. The zero-order valence-electron chi connectivity index (χ0n) is 12.6. The Hall–Kier alpha value is -2.32. The van der Waals surface area contributed by atoms with E-state index in [0.717, 1.165) is 25.1 Å². The molecule has 3 rings (SSSR count). The van der Waals surface area contributed by atoms with Crippen molar-refractivity contribution in [2.45, 2.75) is 12.5 Å². The molecule has 1 amide bonds. The Morgan fingerprint density at radius 3 is 2.78 bits per heavy atom. The van der Waals surface area contributed by atoms with Crippen LogP contribution < -0.4 is 5.32 Å². The molecule has 1 aliphatic heterocycles. The molecule has 1 aromatic carbocycles. The third-order valence-electron chi connectivity index (χ3n) is 3.95. The van der Waals surface area contributed by atoms with Gasteiger partial charge in [0.1, 0.15) is 10.7 Å². The minimum absolute atomic E-state index is 0.0371. The number of carbonyl (C=O) groups excluding carboxylic acids is 1. The maximum atomic E-state index is 12.5. The molecule has 8 heteroatoms. The van der Waals surface area contributed by atoms with Crippen LogP contribution in [0, 0.1) is 10.1 Å². The monoisotopic (exact) mass is 332 g/mol. The fourth-order valence-corrected chi connectivity index (χ4v) is 3.35. The number of hydrogen-bond acceptors (Lipinski definition) is 6. The van der Waals surface area contributed by atoms with Crippen LogP contribution in [0.3, 0.4) is 0 Å². The number of aromatic nitrogens is 1. The Morgan fingerprint density at radius 2 is 2.17 bits per heavy atom. The van der Waals surface area contributed by atoms with Crippen molar-refractivity contribution in [3.05, 3.63) is 45.5 Å². The van der Waals surface area contributed by atoms with Crippen molar-refractivity contribution in [1.29, 1.82) is 0 Å². The molecule has 1 atom stereocenters. The standard InChI is InChI=1S/C15H16N4O3S/c1-18(12-6-7-16-8-12)15(20)13-9-23-14(17-13)10-2-4-11(5-3-10)19(21)22/h2-5,9,12,16H,6-8H2,1H3. The number of carbonyl (C=O) groups is 1. The lowest BCUT2D eigenvalue weighted by atomic mass is 10.2. The highest BCUT2D eigenvalue weighted by Gasteiger charge is 2.25. The van der Waals surface area contributed by atoms with E-state index in [0.29, 0.717) is 10.7 Å². The van der Waals surface area contributed by atoms with Crippen LogP contribution in [0.1, 0.15) is 16.9 Å². The second kappa shape index (κ2) is 6.43. The molecule has 120 valence electrons. The maximum absolute atomic E-state index is 12.5. The summed E-state index contributed by atoms with van der Waals surface area (Å²) in [6.07, 6.45) is 0.946. The normalized spacial score (nSPS) is 17.2. The van der Waals surface area contributed by atoms with Crippen LogP contribution in [-0.2, 0) is 0 Å². The number of nitrogens with zero attached hydrogens (tertiary/aromatic N) is 3. The Balaban J connectivity index is 1.76. The van der Waals surface area contributed by atoms with Crippen LogP contribution in [0.2, 0.25) is 0 Å². The quantitative estimate of drug-likeness (QED) is 0.684. The van der Waals surface area contributed by atoms with Crippen molar-refractivity contribution >= 4 is 22.9 Å². The van der Waals surface area contributed by atoms with Crippen LogP contribution in [0.25, 0.3) is 10.6 Å². The summed E-state index contributed by atoms with van der Waals surface area (Å²) in [5, 5.41) is 16.3. The largest absolute Gasteiger partial charge is 0.336 e. The van der Waals surface area contributed by atoms with Gasteiger partial charge in [-0.2, -0.15) is 0 Å². The molecule has 1 N–H and O–H groups in total. The molecule has 0 bridgehead atoms. The summed E-state index contributed by atoms with van der Waals surface area (Å²) < 4.78 is 0. The lowest BCUT2D eigenvalue weighted by molar-refractivity contribution is -0.384. The molecule has 1 aliphatic rings. The lowest BCUT2D eigenvalue weighted by Gasteiger charge is -2.22. The number of thiazole rings is 1. The molecular formula is C15H16N4O3S. The second-order valence-corrected chi connectivity index (χ2v) is 6.26. The van der Waals surface area contributed by atoms with Gasteiger partial charge in [0.15, 0.2) is 0 Å². The smallest absolute Gasteiger partial charge is 0.273 e. The SMILES string of the molecule is CN(C(=O)c1csc(-c2ccc([N+](=O)[O-])cc2)n1)C1CCNC1. The van der Waals surface area contributed by atoms with Gasteiger partial charge >= 0.3 is 0 Å². The van der Waals surface area contributed by atoms with E-state index in [1.165, 1.54) is 23.5 Å². The first-order valence-electron chi connectivity index (χ1n) is 7.24. The van der Waals surface area contributed by atoms with Crippen molar-refractivity contribution < 1.29 is 9.72 Å². The van der Waals surface area contributed by atoms with Gasteiger partial charge in [0.25, 0.3) is 11.6 Å². The van der Waals surface area contributed by atoms with Crippen LogP contribution in [0.4, 0.5) is 5.69 Å². The van der Waals surface area contributed by atoms with Crippen molar-refractivity contribution in [3.8, 4) is 10.6 Å². The summed E-state index contributed by atoms with van der Waals surface area (Å²) in [7, 11) is 1.80. The Morgan fingerprint density at radius 1 is 1.43 bits per heavy atom. The number of nitro benzene ring substituents is 1. The fraction of sp³-hybridized carbons (Fsp3) is 0.333. The van der Waals surface area contributed by atoms with E-state index in [9.17, 15) is 14.9 Å². The summed E-state index contributed by atoms with van der Waals surface area (Å²) >= 11 is 1.36. The molecule has 2 heterocycles. The van der Waals surface area contributed by atoms with E-state index in [1.54, 1.807) is 29.5 Å². The number of rotatable bonds is 4. The highest BCUT2D eigenvalue weighted by Crippen LogP contribution is 2.26. The molecule has 0 saturated carbocycles. The van der Waals surface area contributed by atoms with Gasteiger partial charge in [-0.15, -0.1) is 11.3 Å². The van der Waals surface area contributed by atoms with Crippen molar-refractivity contribution in [2.24, 2.45) is 0 Å². The molecule has 0 spiro atoms. The van der Waals surface area contributed by atoms with Gasteiger partial charge < -0.3 is 10.2 Å². The predicted octanol–water partition coefficient (Wildman–Crippen LogP) is 2.15. The first-order chi connectivity index (χ1) is 11.1. The van der Waals surface area contributed by atoms with E-state index < -0.39 is 4.92 Å². The van der Waals surface area contributed by atoms with Crippen LogP contribution in [-0.4, -0.2) is 46.9 Å².